The third-order valence-corrected chi connectivity index (χ3v) is 7.47. The van der Waals surface area contributed by atoms with Crippen molar-refractivity contribution in [1.82, 2.24) is 0 Å². The molecule has 5 rings (SSSR count). The zero-order valence-electron chi connectivity index (χ0n) is 17.9. The summed E-state index contributed by atoms with van der Waals surface area (Å²) in [6, 6.07) is 18.3. The van der Waals surface area contributed by atoms with Crippen LogP contribution in [0, 0.1) is 10.1 Å². The first-order valence-corrected chi connectivity index (χ1v) is 12.8. The largest absolute Gasteiger partial charge is 0.456 e. The molecule has 0 unspecified atom stereocenters. The number of non-ortho nitro benzene ring substituents is 1. The third kappa shape index (κ3) is 4.42. The lowest BCUT2D eigenvalue weighted by Crippen LogP contribution is -2.13. The Bertz CT molecular complexity index is 1760. The van der Waals surface area contributed by atoms with E-state index in [4.69, 9.17) is 44.0 Å². The van der Waals surface area contributed by atoms with Gasteiger partial charge >= 0.3 is 0 Å². The number of nitrogens with one attached hydrogen (secondary N) is 1. The van der Waals surface area contributed by atoms with Gasteiger partial charge in [0.15, 0.2) is 5.75 Å². The molecular formula is C24H13Cl3N2O6S. The first-order chi connectivity index (χ1) is 17.1. The zero-order chi connectivity index (χ0) is 25.6. The van der Waals surface area contributed by atoms with Gasteiger partial charge < -0.3 is 9.15 Å². The third-order valence-electron chi connectivity index (χ3n) is 5.27. The van der Waals surface area contributed by atoms with Gasteiger partial charge in [-0.1, -0.05) is 59.1 Å². The second-order valence-corrected chi connectivity index (χ2v) is 10.5. The highest BCUT2D eigenvalue weighted by atomic mass is 35.5. The van der Waals surface area contributed by atoms with Crippen molar-refractivity contribution in [2.24, 2.45) is 0 Å². The molecule has 0 amide bonds. The highest BCUT2D eigenvalue weighted by molar-refractivity contribution is 7.92. The number of hydrogen-bond donors (Lipinski definition) is 1. The molecule has 0 saturated carbocycles. The van der Waals surface area contributed by atoms with E-state index in [1.807, 2.05) is 18.2 Å². The second-order valence-electron chi connectivity index (χ2n) is 7.57. The number of rotatable bonds is 6. The minimum absolute atomic E-state index is 0.0462. The molecule has 182 valence electrons. The molecule has 5 aromatic rings. The standard InChI is InChI=1S/C24H13Cl3N2O6S/c25-16-10-13(29(30)31)8-9-21(16)35-24-17(26)11-14(12-18(24)27)36(32,33)28-19-5-3-7-22-23(19)15-4-1-2-6-20(15)34-22/h1-12,28H. The number of nitro benzene ring substituents is 1. The minimum atomic E-state index is -4.13. The normalized spacial score (nSPS) is 11.6. The zero-order valence-corrected chi connectivity index (χ0v) is 21.0. The fourth-order valence-electron chi connectivity index (χ4n) is 3.65. The van der Waals surface area contributed by atoms with E-state index in [2.05, 4.69) is 4.72 Å². The van der Waals surface area contributed by atoms with Crippen molar-refractivity contribution in [2.75, 3.05) is 4.72 Å². The molecule has 0 aliphatic carbocycles. The van der Waals surface area contributed by atoms with Crippen LogP contribution in [0.1, 0.15) is 0 Å². The van der Waals surface area contributed by atoms with Crippen LogP contribution in [-0.4, -0.2) is 13.3 Å². The molecule has 0 fully saturated rings. The molecule has 0 aliphatic heterocycles. The molecule has 0 bridgehead atoms. The maximum absolute atomic E-state index is 13.2. The van der Waals surface area contributed by atoms with Crippen LogP contribution in [0.5, 0.6) is 11.5 Å². The molecule has 0 atom stereocenters. The van der Waals surface area contributed by atoms with Gasteiger partial charge in [0.2, 0.25) is 0 Å². The highest BCUT2D eigenvalue weighted by Gasteiger charge is 2.22. The summed E-state index contributed by atoms with van der Waals surface area (Å²) in [7, 11) is -4.13. The Kier molecular flexibility index (Phi) is 6.17. The van der Waals surface area contributed by atoms with Gasteiger partial charge in [-0.3, -0.25) is 14.8 Å². The molecule has 4 aromatic carbocycles. The van der Waals surface area contributed by atoms with E-state index in [1.54, 1.807) is 24.3 Å². The Balaban J connectivity index is 1.49. The monoisotopic (exact) mass is 562 g/mol. The first kappa shape index (κ1) is 24.2. The number of ether oxygens (including phenoxy) is 1. The average Bonchev–Trinajstić information content (AvgIpc) is 3.21. The molecule has 1 N–H and O–H groups in total. The minimum Gasteiger partial charge on any atom is -0.456 e. The number of sulfonamides is 1. The van der Waals surface area contributed by atoms with E-state index in [-0.39, 0.29) is 37.1 Å². The van der Waals surface area contributed by atoms with E-state index in [0.717, 1.165) is 11.5 Å². The quantitative estimate of drug-likeness (QED) is 0.165. The number of hydrogen-bond acceptors (Lipinski definition) is 6. The van der Waals surface area contributed by atoms with Crippen molar-refractivity contribution in [3.05, 3.63) is 98.0 Å². The number of halogens is 3. The van der Waals surface area contributed by atoms with Crippen LogP contribution in [0.25, 0.3) is 21.9 Å². The number of benzene rings is 4. The summed E-state index contributed by atoms with van der Waals surface area (Å²) in [6.45, 7) is 0. The van der Waals surface area contributed by atoms with Gasteiger partial charge in [-0.05, 0) is 36.4 Å². The van der Waals surface area contributed by atoms with Gasteiger partial charge in [0.25, 0.3) is 15.7 Å². The van der Waals surface area contributed by atoms with Gasteiger partial charge in [-0.2, -0.15) is 0 Å². The lowest BCUT2D eigenvalue weighted by molar-refractivity contribution is -0.384. The van der Waals surface area contributed by atoms with E-state index in [1.165, 1.54) is 24.3 Å². The lowest BCUT2D eigenvalue weighted by atomic mass is 10.1. The van der Waals surface area contributed by atoms with Gasteiger partial charge in [0, 0.05) is 17.5 Å². The van der Waals surface area contributed by atoms with E-state index < -0.39 is 14.9 Å². The summed E-state index contributed by atoms with van der Waals surface area (Å²) < 4.78 is 40.5. The van der Waals surface area contributed by atoms with Crippen LogP contribution in [0.15, 0.2) is 82.1 Å². The summed E-state index contributed by atoms with van der Waals surface area (Å²) >= 11 is 18.7. The number of nitrogens with zero attached hydrogens (tertiary/aromatic N) is 1. The number of fused-ring (bicyclic) bond motifs is 3. The van der Waals surface area contributed by atoms with E-state index >= 15 is 0 Å². The van der Waals surface area contributed by atoms with E-state index in [9.17, 15) is 18.5 Å². The molecule has 0 radical (unpaired) electrons. The van der Waals surface area contributed by atoms with Crippen molar-refractivity contribution in [1.29, 1.82) is 0 Å². The molecule has 36 heavy (non-hydrogen) atoms. The van der Waals surface area contributed by atoms with Crippen LogP contribution < -0.4 is 9.46 Å². The Morgan fingerprint density at radius 1 is 0.861 bits per heavy atom. The molecule has 8 nitrogen and oxygen atoms in total. The van der Waals surface area contributed by atoms with Crippen molar-refractivity contribution in [3.8, 4) is 11.5 Å². The maximum atomic E-state index is 13.2. The molecule has 12 heteroatoms. The second kappa shape index (κ2) is 9.18. The first-order valence-electron chi connectivity index (χ1n) is 10.2. The Hall–Kier alpha value is -3.50. The predicted molar refractivity (Wildman–Crippen MR) is 139 cm³/mol. The van der Waals surface area contributed by atoms with E-state index in [0.29, 0.717) is 22.2 Å². The Morgan fingerprint density at radius 3 is 2.25 bits per heavy atom. The Labute approximate surface area is 219 Å². The number of furan rings is 1. The van der Waals surface area contributed by atoms with Gasteiger partial charge in [0.1, 0.15) is 16.9 Å². The summed E-state index contributed by atoms with van der Waals surface area (Å²) in [5, 5.41) is 12.0. The summed E-state index contributed by atoms with van der Waals surface area (Å²) in [6.07, 6.45) is 0. The molecule has 0 spiro atoms. The molecule has 0 aliphatic rings. The number of nitro groups is 1. The van der Waals surface area contributed by atoms with Crippen LogP contribution in [0.3, 0.4) is 0 Å². The fourth-order valence-corrected chi connectivity index (χ4v) is 5.68. The molecular weight excluding hydrogens is 551 g/mol. The molecule has 0 saturated heterocycles. The summed E-state index contributed by atoms with van der Waals surface area (Å²) in [4.78, 5) is 10.1. The van der Waals surface area contributed by atoms with Gasteiger partial charge in [-0.25, -0.2) is 8.42 Å². The summed E-state index contributed by atoms with van der Waals surface area (Å²) in [5.41, 5.74) is 1.24. The van der Waals surface area contributed by atoms with Crippen LogP contribution >= 0.6 is 34.8 Å². The number of para-hydroxylation sites is 1. The van der Waals surface area contributed by atoms with Gasteiger partial charge in [0.05, 0.1) is 36.0 Å². The highest BCUT2D eigenvalue weighted by Crippen LogP contribution is 2.42. The van der Waals surface area contributed by atoms with Crippen molar-refractivity contribution >= 4 is 78.1 Å². The van der Waals surface area contributed by atoms with Crippen molar-refractivity contribution in [2.45, 2.75) is 4.90 Å². The predicted octanol–water partition coefficient (Wildman–Crippen LogP) is 8.05. The molecule has 1 heterocycles. The smallest absolute Gasteiger partial charge is 0.271 e. The fraction of sp³-hybridized carbons (Fsp3) is 0. The summed E-state index contributed by atoms with van der Waals surface area (Å²) in [5.74, 6) is -0.00530. The average molecular weight is 564 g/mol. The number of anilines is 1. The van der Waals surface area contributed by atoms with Crippen LogP contribution in [0.2, 0.25) is 15.1 Å². The lowest BCUT2D eigenvalue weighted by Gasteiger charge is -2.14. The Morgan fingerprint density at radius 2 is 1.56 bits per heavy atom. The van der Waals surface area contributed by atoms with Crippen molar-refractivity contribution < 1.29 is 22.5 Å². The molecule has 1 aromatic heterocycles. The SMILES string of the molecule is O=[N+]([O-])c1ccc(Oc2c(Cl)cc(S(=O)(=O)Nc3cccc4oc5ccccc5c34)cc2Cl)c(Cl)c1. The maximum Gasteiger partial charge on any atom is 0.271 e. The van der Waals surface area contributed by atoms with Gasteiger partial charge in [-0.15, -0.1) is 0 Å². The van der Waals surface area contributed by atoms with Crippen LogP contribution in [-0.2, 0) is 10.0 Å². The van der Waals surface area contributed by atoms with Crippen LogP contribution in [0.4, 0.5) is 11.4 Å². The topological polar surface area (TPSA) is 112 Å². The van der Waals surface area contributed by atoms with Crippen molar-refractivity contribution in [3.63, 3.8) is 0 Å².